The first kappa shape index (κ1) is 24.7. The summed E-state index contributed by atoms with van der Waals surface area (Å²) in [6.45, 7) is 5.16. The molecule has 34 heavy (non-hydrogen) atoms. The van der Waals surface area contributed by atoms with Crippen molar-refractivity contribution in [2.45, 2.75) is 33.8 Å². The van der Waals surface area contributed by atoms with E-state index in [1.807, 2.05) is 6.92 Å². The number of primary amides is 1. The van der Waals surface area contributed by atoms with Crippen LogP contribution in [0.2, 0.25) is 0 Å². The van der Waals surface area contributed by atoms with Gasteiger partial charge in [-0.2, -0.15) is 0 Å². The summed E-state index contributed by atoms with van der Waals surface area (Å²) in [6, 6.07) is 9.71. The number of ether oxygens (including phenoxy) is 2. The number of hydrogen-bond donors (Lipinski definition) is 2. The Morgan fingerprint density at radius 1 is 1.09 bits per heavy atom. The highest BCUT2D eigenvalue weighted by Gasteiger charge is 2.26. The van der Waals surface area contributed by atoms with Crippen LogP contribution in [0.4, 0.5) is 5.00 Å². The van der Waals surface area contributed by atoms with E-state index in [0.717, 1.165) is 11.3 Å². The number of hydrogen-bond acceptors (Lipinski definition) is 8. The molecule has 0 atom stereocenters. The Kier molecular flexibility index (Phi) is 7.85. The van der Waals surface area contributed by atoms with Crippen molar-refractivity contribution in [3.63, 3.8) is 0 Å². The summed E-state index contributed by atoms with van der Waals surface area (Å²) in [5.74, 6) is -1.09. The molecule has 0 bridgehead atoms. The van der Waals surface area contributed by atoms with E-state index in [1.165, 1.54) is 13.0 Å². The van der Waals surface area contributed by atoms with Crippen LogP contribution in [0.5, 0.6) is 5.75 Å². The van der Waals surface area contributed by atoms with E-state index in [4.69, 9.17) is 19.6 Å². The Morgan fingerprint density at radius 3 is 2.41 bits per heavy atom. The van der Waals surface area contributed by atoms with Crippen LogP contribution in [0.3, 0.4) is 0 Å². The van der Waals surface area contributed by atoms with E-state index in [1.54, 1.807) is 37.3 Å². The quantitative estimate of drug-likeness (QED) is 0.322. The Bertz CT molecular complexity index is 1220. The standard InChI is InChI=1S/C24H24N2O7S/c1-4-11-31-24(30)19-13(2)20(21(25)28)34-23(19)26-22(29)18-10-9-17(33-18)12-32-16-7-5-15(6-8-16)14(3)27/h5-10H,4,11-12H2,1-3H3,(H2,25,28)(H,26,29). The molecule has 2 amide bonds. The number of furan rings is 1. The first-order valence-electron chi connectivity index (χ1n) is 10.4. The second-order valence-electron chi connectivity index (χ2n) is 7.35. The number of thiophene rings is 1. The van der Waals surface area contributed by atoms with Gasteiger partial charge in [-0.25, -0.2) is 4.79 Å². The molecule has 0 spiro atoms. The van der Waals surface area contributed by atoms with Crippen molar-refractivity contribution >= 4 is 39.9 Å². The van der Waals surface area contributed by atoms with E-state index in [9.17, 15) is 19.2 Å². The minimum Gasteiger partial charge on any atom is -0.486 e. The number of amides is 2. The van der Waals surface area contributed by atoms with Crippen molar-refractivity contribution in [2.24, 2.45) is 5.73 Å². The fraction of sp³-hybridized carbons (Fsp3) is 0.250. The highest BCUT2D eigenvalue weighted by molar-refractivity contribution is 7.18. The lowest BCUT2D eigenvalue weighted by Crippen LogP contribution is -2.15. The number of nitrogens with one attached hydrogen (secondary N) is 1. The highest BCUT2D eigenvalue weighted by atomic mass is 32.1. The molecule has 1 aromatic carbocycles. The van der Waals surface area contributed by atoms with Gasteiger partial charge in [-0.1, -0.05) is 6.92 Å². The van der Waals surface area contributed by atoms with Crippen molar-refractivity contribution in [3.05, 3.63) is 69.5 Å². The molecule has 0 saturated heterocycles. The van der Waals surface area contributed by atoms with Gasteiger partial charge in [0.05, 0.1) is 17.0 Å². The van der Waals surface area contributed by atoms with Gasteiger partial charge in [0.15, 0.2) is 11.5 Å². The van der Waals surface area contributed by atoms with Gasteiger partial charge in [-0.05, 0) is 62.2 Å². The third kappa shape index (κ3) is 5.70. The number of anilines is 1. The first-order chi connectivity index (χ1) is 16.2. The summed E-state index contributed by atoms with van der Waals surface area (Å²) in [4.78, 5) is 48.5. The minimum atomic E-state index is -0.707. The third-order valence-electron chi connectivity index (χ3n) is 4.77. The van der Waals surface area contributed by atoms with E-state index in [0.29, 0.717) is 29.1 Å². The average molecular weight is 485 g/mol. The van der Waals surface area contributed by atoms with Gasteiger partial charge in [-0.3, -0.25) is 14.4 Å². The Balaban J connectivity index is 1.71. The van der Waals surface area contributed by atoms with Gasteiger partial charge < -0.3 is 24.9 Å². The smallest absolute Gasteiger partial charge is 0.341 e. The van der Waals surface area contributed by atoms with Crippen molar-refractivity contribution < 1.29 is 33.1 Å². The van der Waals surface area contributed by atoms with Crippen LogP contribution >= 0.6 is 11.3 Å². The molecule has 10 heteroatoms. The van der Waals surface area contributed by atoms with Crippen molar-refractivity contribution in [2.75, 3.05) is 11.9 Å². The number of carbonyl (C=O) groups is 4. The number of carbonyl (C=O) groups excluding carboxylic acids is 4. The fourth-order valence-corrected chi connectivity index (χ4v) is 4.07. The normalized spacial score (nSPS) is 10.6. The van der Waals surface area contributed by atoms with Crippen LogP contribution in [-0.2, 0) is 11.3 Å². The monoisotopic (exact) mass is 484 g/mol. The summed E-state index contributed by atoms with van der Waals surface area (Å²) in [6.07, 6.45) is 0.622. The van der Waals surface area contributed by atoms with Crippen molar-refractivity contribution in [3.8, 4) is 5.75 Å². The molecular formula is C24H24N2O7S. The van der Waals surface area contributed by atoms with Crippen LogP contribution < -0.4 is 15.8 Å². The highest BCUT2D eigenvalue weighted by Crippen LogP contribution is 2.34. The summed E-state index contributed by atoms with van der Waals surface area (Å²) < 4.78 is 16.4. The van der Waals surface area contributed by atoms with Crippen LogP contribution in [0.1, 0.15) is 72.5 Å². The molecule has 3 aromatic rings. The third-order valence-corrected chi connectivity index (χ3v) is 5.99. The molecule has 2 aromatic heterocycles. The number of ketones is 1. The lowest BCUT2D eigenvalue weighted by molar-refractivity contribution is 0.0506. The van der Waals surface area contributed by atoms with Crippen LogP contribution in [0.15, 0.2) is 40.8 Å². The van der Waals surface area contributed by atoms with Gasteiger partial charge in [0.2, 0.25) is 0 Å². The van der Waals surface area contributed by atoms with Crippen LogP contribution in [0.25, 0.3) is 0 Å². The molecular weight excluding hydrogens is 460 g/mol. The number of benzene rings is 1. The molecule has 0 saturated carbocycles. The maximum atomic E-state index is 12.7. The number of esters is 1. The Hall–Kier alpha value is -3.92. The van der Waals surface area contributed by atoms with Gasteiger partial charge in [0.1, 0.15) is 23.1 Å². The largest absolute Gasteiger partial charge is 0.486 e. The topological polar surface area (TPSA) is 138 Å². The number of nitrogens with two attached hydrogens (primary N) is 1. The van der Waals surface area contributed by atoms with E-state index in [2.05, 4.69) is 5.32 Å². The van der Waals surface area contributed by atoms with Crippen molar-refractivity contribution in [1.82, 2.24) is 0 Å². The molecule has 2 heterocycles. The molecule has 0 aliphatic carbocycles. The first-order valence-corrected chi connectivity index (χ1v) is 11.3. The predicted molar refractivity (Wildman–Crippen MR) is 126 cm³/mol. The van der Waals surface area contributed by atoms with Gasteiger partial charge in [0.25, 0.3) is 11.8 Å². The molecule has 0 fully saturated rings. The lowest BCUT2D eigenvalue weighted by atomic mass is 10.1. The summed E-state index contributed by atoms with van der Waals surface area (Å²) >= 11 is 0.899. The summed E-state index contributed by atoms with van der Waals surface area (Å²) in [7, 11) is 0. The lowest BCUT2D eigenvalue weighted by Gasteiger charge is -2.07. The maximum Gasteiger partial charge on any atom is 0.341 e. The molecule has 3 rings (SSSR count). The van der Waals surface area contributed by atoms with Gasteiger partial charge in [0, 0.05) is 5.56 Å². The van der Waals surface area contributed by atoms with Crippen LogP contribution in [-0.4, -0.2) is 30.2 Å². The van der Waals surface area contributed by atoms with Crippen LogP contribution in [0, 0.1) is 6.92 Å². The molecule has 0 aliphatic rings. The minimum absolute atomic E-state index is 0.00918. The zero-order chi connectivity index (χ0) is 24.8. The number of rotatable bonds is 10. The molecule has 0 aliphatic heterocycles. The molecule has 0 unspecified atom stereocenters. The second-order valence-corrected chi connectivity index (χ2v) is 8.37. The molecule has 178 valence electrons. The predicted octanol–water partition coefficient (Wildman–Crippen LogP) is 4.35. The molecule has 0 radical (unpaired) electrons. The van der Waals surface area contributed by atoms with E-state index < -0.39 is 17.8 Å². The molecule has 3 N–H and O–H groups in total. The average Bonchev–Trinajstić information content (AvgIpc) is 3.41. The van der Waals surface area contributed by atoms with E-state index in [-0.39, 0.29) is 40.2 Å². The van der Waals surface area contributed by atoms with Gasteiger partial charge >= 0.3 is 5.97 Å². The Labute approximate surface area is 199 Å². The van der Waals surface area contributed by atoms with Crippen molar-refractivity contribution in [1.29, 1.82) is 0 Å². The summed E-state index contributed by atoms with van der Waals surface area (Å²) in [5, 5.41) is 2.76. The second kappa shape index (κ2) is 10.8. The fourth-order valence-electron chi connectivity index (χ4n) is 3.03. The Morgan fingerprint density at radius 2 is 1.79 bits per heavy atom. The maximum absolute atomic E-state index is 12.7. The zero-order valence-electron chi connectivity index (χ0n) is 18.9. The number of Topliss-reactive ketones (excluding diaryl/α,β-unsaturated/α-hetero) is 1. The summed E-state index contributed by atoms with van der Waals surface area (Å²) in [5.41, 5.74) is 6.41. The molecule has 9 nitrogen and oxygen atoms in total. The SMILES string of the molecule is CCCOC(=O)c1c(NC(=O)c2ccc(COc3ccc(C(C)=O)cc3)o2)sc(C(N)=O)c1C. The zero-order valence-corrected chi connectivity index (χ0v) is 19.7. The van der Waals surface area contributed by atoms with E-state index >= 15 is 0 Å². The van der Waals surface area contributed by atoms with Gasteiger partial charge in [-0.15, -0.1) is 11.3 Å².